The zero-order valence-electron chi connectivity index (χ0n) is 11.8. The Morgan fingerprint density at radius 1 is 1.28 bits per heavy atom. The summed E-state index contributed by atoms with van der Waals surface area (Å²) in [5.74, 6) is 0.127. The topological polar surface area (TPSA) is 26.8 Å². The summed E-state index contributed by atoms with van der Waals surface area (Å²) in [4.78, 5) is 18.5. The van der Waals surface area contributed by atoms with Crippen LogP contribution in [0.1, 0.15) is 24.2 Å². The van der Waals surface area contributed by atoms with Gasteiger partial charge in [0.15, 0.2) is 0 Å². The molecule has 0 N–H and O–H groups in total. The lowest BCUT2D eigenvalue weighted by Crippen LogP contribution is -2.48. The van der Waals surface area contributed by atoms with Crippen LogP contribution >= 0.6 is 0 Å². The van der Waals surface area contributed by atoms with Crippen LogP contribution in [-0.4, -0.2) is 44.7 Å². The molecule has 0 aromatic heterocycles. The van der Waals surface area contributed by atoms with Crippen molar-refractivity contribution in [1.29, 1.82) is 0 Å². The van der Waals surface area contributed by atoms with E-state index in [9.17, 15) is 4.79 Å². The van der Waals surface area contributed by atoms with E-state index in [-0.39, 0.29) is 11.9 Å². The second kappa shape index (κ2) is 4.52. The molecule has 0 bridgehead atoms. The van der Waals surface area contributed by atoms with Crippen molar-refractivity contribution in [3.05, 3.63) is 23.8 Å². The van der Waals surface area contributed by atoms with Gasteiger partial charge in [0.1, 0.15) is 0 Å². The molecule has 4 heteroatoms. The average molecular weight is 247 g/mol. The number of fused-ring (bicyclic) bond motifs is 1. The van der Waals surface area contributed by atoms with E-state index in [4.69, 9.17) is 0 Å². The Labute approximate surface area is 109 Å². The molecule has 1 heterocycles. The molecule has 1 aromatic rings. The minimum atomic E-state index is 0.127. The first-order valence-corrected chi connectivity index (χ1v) is 6.25. The predicted octanol–water partition coefficient (Wildman–Crippen LogP) is 2.01. The van der Waals surface area contributed by atoms with E-state index >= 15 is 0 Å². The van der Waals surface area contributed by atoms with E-state index in [1.165, 1.54) is 0 Å². The van der Waals surface area contributed by atoms with Crippen molar-refractivity contribution in [2.45, 2.75) is 19.9 Å². The Morgan fingerprint density at radius 2 is 1.94 bits per heavy atom. The molecule has 1 amide bonds. The van der Waals surface area contributed by atoms with Crippen LogP contribution in [-0.2, 0) is 0 Å². The van der Waals surface area contributed by atoms with Gasteiger partial charge in [-0.05, 0) is 32.0 Å². The standard InChI is InChI=1S/C14H21N3O/c1-10(2)17-9-16(5)13-7-6-11(15(3)4)8-12(13)14(17)18/h6-8,10H,9H2,1-5H3. The highest BCUT2D eigenvalue weighted by molar-refractivity contribution is 6.02. The van der Waals surface area contributed by atoms with Crippen LogP contribution in [0.5, 0.6) is 0 Å². The lowest BCUT2D eigenvalue weighted by Gasteiger charge is -2.38. The van der Waals surface area contributed by atoms with Crippen molar-refractivity contribution in [2.24, 2.45) is 0 Å². The van der Waals surface area contributed by atoms with Crippen LogP contribution in [0, 0.1) is 0 Å². The third-order valence-electron chi connectivity index (χ3n) is 3.39. The van der Waals surface area contributed by atoms with Gasteiger partial charge < -0.3 is 14.7 Å². The molecule has 0 spiro atoms. The fourth-order valence-electron chi connectivity index (χ4n) is 2.23. The molecule has 2 rings (SSSR count). The zero-order chi connectivity index (χ0) is 13.4. The minimum absolute atomic E-state index is 0.127. The molecule has 4 nitrogen and oxygen atoms in total. The van der Waals surface area contributed by atoms with Crippen molar-refractivity contribution in [3.8, 4) is 0 Å². The molecule has 1 aliphatic heterocycles. The van der Waals surface area contributed by atoms with Gasteiger partial charge in [-0.25, -0.2) is 0 Å². The van der Waals surface area contributed by atoms with Gasteiger partial charge in [-0.3, -0.25) is 4.79 Å². The largest absolute Gasteiger partial charge is 0.378 e. The maximum absolute atomic E-state index is 12.5. The van der Waals surface area contributed by atoms with Crippen LogP contribution in [0.2, 0.25) is 0 Å². The Balaban J connectivity index is 2.47. The van der Waals surface area contributed by atoms with E-state index in [2.05, 4.69) is 4.90 Å². The summed E-state index contributed by atoms with van der Waals surface area (Å²) in [6.45, 7) is 4.75. The number of amides is 1. The molecule has 0 saturated carbocycles. The third kappa shape index (κ3) is 2.03. The van der Waals surface area contributed by atoms with Crippen molar-refractivity contribution < 1.29 is 4.79 Å². The molecular weight excluding hydrogens is 226 g/mol. The van der Waals surface area contributed by atoms with Crippen LogP contribution < -0.4 is 9.80 Å². The molecular formula is C14H21N3O. The fourth-order valence-corrected chi connectivity index (χ4v) is 2.23. The number of anilines is 2. The van der Waals surface area contributed by atoms with Crippen LogP contribution in [0.4, 0.5) is 11.4 Å². The number of carbonyl (C=O) groups is 1. The van der Waals surface area contributed by atoms with Crippen molar-refractivity contribution in [3.63, 3.8) is 0 Å². The molecule has 0 saturated heterocycles. The van der Waals surface area contributed by atoms with E-state index in [1.807, 2.05) is 63.0 Å². The van der Waals surface area contributed by atoms with Gasteiger partial charge in [0, 0.05) is 32.9 Å². The van der Waals surface area contributed by atoms with E-state index in [0.717, 1.165) is 16.9 Å². The summed E-state index contributed by atoms with van der Waals surface area (Å²) >= 11 is 0. The van der Waals surface area contributed by atoms with Gasteiger partial charge >= 0.3 is 0 Å². The smallest absolute Gasteiger partial charge is 0.257 e. The van der Waals surface area contributed by atoms with Gasteiger partial charge in [-0.1, -0.05) is 0 Å². The molecule has 98 valence electrons. The quantitative estimate of drug-likeness (QED) is 0.800. The summed E-state index contributed by atoms with van der Waals surface area (Å²) in [7, 11) is 5.99. The second-order valence-electron chi connectivity index (χ2n) is 5.30. The number of rotatable bonds is 2. The monoisotopic (exact) mass is 247 g/mol. The Hall–Kier alpha value is -1.71. The SMILES string of the molecule is CC(C)N1CN(C)c2ccc(N(C)C)cc2C1=O. The number of hydrogen-bond donors (Lipinski definition) is 0. The maximum Gasteiger partial charge on any atom is 0.257 e. The summed E-state index contributed by atoms with van der Waals surface area (Å²) in [5.41, 5.74) is 2.87. The molecule has 18 heavy (non-hydrogen) atoms. The van der Waals surface area contributed by atoms with Crippen molar-refractivity contribution >= 4 is 17.3 Å². The van der Waals surface area contributed by atoms with Gasteiger partial charge in [-0.2, -0.15) is 0 Å². The van der Waals surface area contributed by atoms with Crippen LogP contribution in [0.15, 0.2) is 18.2 Å². The van der Waals surface area contributed by atoms with Gasteiger partial charge in [0.05, 0.1) is 17.9 Å². The maximum atomic E-state index is 12.5. The summed E-state index contributed by atoms with van der Waals surface area (Å²) in [6.07, 6.45) is 0. The normalized spacial score (nSPS) is 15.1. The number of benzene rings is 1. The van der Waals surface area contributed by atoms with Crippen molar-refractivity contribution in [2.75, 3.05) is 37.6 Å². The Morgan fingerprint density at radius 3 is 2.50 bits per heavy atom. The minimum Gasteiger partial charge on any atom is -0.378 e. The summed E-state index contributed by atoms with van der Waals surface area (Å²) < 4.78 is 0. The third-order valence-corrected chi connectivity index (χ3v) is 3.39. The zero-order valence-corrected chi connectivity index (χ0v) is 11.8. The predicted molar refractivity (Wildman–Crippen MR) is 75.3 cm³/mol. The molecule has 0 atom stereocenters. The number of hydrogen-bond acceptors (Lipinski definition) is 3. The van der Waals surface area contributed by atoms with E-state index < -0.39 is 0 Å². The highest BCUT2D eigenvalue weighted by Gasteiger charge is 2.29. The first kappa shape index (κ1) is 12.7. The highest BCUT2D eigenvalue weighted by atomic mass is 16.2. The Bertz CT molecular complexity index is 468. The number of carbonyl (C=O) groups excluding carboxylic acids is 1. The average Bonchev–Trinajstić information content (AvgIpc) is 2.32. The number of nitrogens with zero attached hydrogens (tertiary/aromatic N) is 3. The second-order valence-corrected chi connectivity index (χ2v) is 5.30. The molecule has 0 aliphatic carbocycles. The van der Waals surface area contributed by atoms with Crippen LogP contribution in [0.3, 0.4) is 0 Å². The molecule has 1 aliphatic rings. The Kier molecular flexibility index (Phi) is 3.20. The first-order valence-electron chi connectivity index (χ1n) is 6.25. The van der Waals surface area contributed by atoms with E-state index in [0.29, 0.717) is 6.67 Å². The van der Waals surface area contributed by atoms with Crippen molar-refractivity contribution in [1.82, 2.24) is 4.90 Å². The highest BCUT2D eigenvalue weighted by Crippen LogP contribution is 2.30. The molecule has 0 radical (unpaired) electrons. The lowest BCUT2D eigenvalue weighted by atomic mass is 10.1. The molecule has 1 aromatic carbocycles. The lowest BCUT2D eigenvalue weighted by molar-refractivity contribution is 0.0693. The summed E-state index contributed by atoms with van der Waals surface area (Å²) in [5, 5.41) is 0. The fraction of sp³-hybridized carbons (Fsp3) is 0.500. The molecule has 0 fully saturated rings. The molecule has 0 unspecified atom stereocenters. The summed E-state index contributed by atoms with van der Waals surface area (Å²) in [6, 6.07) is 6.27. The van der Waals surface area contributed by atoms with Gasteiger partial charge in [-0.15, -0.1) is 0 Å². The first-order chi connectivity index (χ1) is 8.41. The van der Waals surface area contributed by atoms with E-state index in [1.54, 1.807) is 0 Å². The van der Waals surface area contributed by atoms with Crippen LogP contribution in [0.25, 0.3) is 0 Å². The van der Waals surface area contributed by atoms with Gasteiger partial charge in [0.2, 0.25) is 0 Å². The van der Waals surface area contributed by atoms with Gasteiger partial charge in [0.25, 0.3) is 5.91 Å².